The number of halogens is 2. The van der Waals surface area contributed by atoms with Crippen LogP contribution in [0.5, 0.6) is 0 Å². The van der Waals surface area contributed by atoms with Crippen molar-refractivity contribution in [2.45, 2.75) is 10.7 Å². The number of nitro groups is 1. The Hall–Kier alpha value is -2.74. The molecule has 124 valence electrons. The number of carbonyl (C=O) groups excluding carboxylic acids is 1. The van der Waals surface area contributed by atoms with Crippen LogP contribution < -0.4 is 5.32 Å². The maximum atomic E-state index is 12.5. The Morgan fingerprint density at radius 3 is 2.46 bits per heavy atom. The van der Waals surface area contributed by atoms with E-state index in [0.717, 1.165) is 0 Å². The monoisotopic (exact) mass is 350 g/mol. The summed E-state index contributed by atoms with van der Waals surface area (Å²) in [4.78, 5) is 22.2. The second-order valence-corrected chi connectivity index (χ2v) is 5.58. The van der Waals surface area contributed by atoms with Gasteiger partial charge >= 0.3 is 0 Å². The number of carbonyl (C=O) groups is 1. The average Bonchev–Trinajstić information content (AvgIpc) is 2.54. The van der Waals surface area contributed by atoms with E-state index in [-0.39, 0.29) is 10.6 Å². The lowest BCUT2D eigenvalue weighted by atomic mass is 10.2. The molecule has 1 N–H and O–H groups in total. The Balaban J connectivity index is 2.04. The Kier molecular flexibility index (Phi) is 6.02. The van der Waals surface area contributed by atoms with Crippen LogP contribution in [0.1, 0.15) is 5.56 Å². The molecule has 0 spiro atoms. The number of nitrogens with one attached hydrogen (secondary N) is 1. The first kappa shape index (κ1) is 17.6. The Morgan fingerprint density at radius 2 is 1.83 bits per heavy atom. The molecule has 5 nitrogen and oxygen atoms in total. The molecule has 1 amide bonds. The highest BCUT2D eigenvalue weighted by molar-refractivity contribution is 7.99. The number of benzene rings is 2. The van der Waals surface area contributed by atoms with Crippen molar-refractivity contribution in [1.29, 1.82) is 0 Å². The molecule has 24 heavy (non-hydrogen) atoms. The Labute approximate surface area is 140 Å². The van der Waals surface area contributed by atoms with Crippen LogP contribution in [0, 0.1) is 10.1 Å². The second-order valence-electron chi connectivity index (χ2n) is 4.55. The van der Waals surface area contributed by atoms with Crippen LogP contribution in [0.25, 0.3) is 6.08 Å². The van der Waals surface area contributed by atoms with E-state index >= 15 is 0 Å². The summed E-state index contributed by atoms with van der Waals surface area (Å²) in [6, 6.07) is 11.9. The van der Waals surface area contributed by atoms with Crippen LogP contribution in [0.15, 0.2) is 59.5 Å². The van der Waals surface area contributed by atoms with Gasteiger partial charge in [-0.3, -0.25) is 14.9 Å². The van der Waals surface area contributed by atoms with E-state index in [9.17, 15) is 23.7 Å². The molecular weight excluding hydrogens is 338 g/mol. The first-order chi connectivity index (χ1) is 11.5. The molecule has 8 heteroatoms. The minimum atomic E-state index is -2.58. The third-order valence-electron chi connectivity index (χ3n) is 2.89. The third kappa shape index (κ3) is 5.17. The molecule has 2 aromatic rings. The van der Waals surface area contributed by atoms with Crippen LogP contribution in [-0.4, -0.2) is 16.6 Å². The quantitative estimate of drug-likeness (QED) is 0.359. The van der Waals surface area contributed by atoms with Gasteiger partial charge in [0.25, 0.3) is 11.4 Å². The van der Waals surface area contributed by atoms with Crippen molar-refractivity contribution in [2.24, 2.45) is 0 Å². The van der Waals surface area contributed by atoms with Crippen LogP contribution in [0.2, 0.25) is 0 Å². The van der Waals surface area contributed by atoms with Gasteiger partial charge < -0.3 is 5.32 Å². The van der Waals surface area contributed by atoms with Crippen molar-refractivity contribution in [3.63, 3.8) is 0 Å². The number of hydrogen-bond donors (Lipinski definition) is 1. The van der Waals surface area contributed by atoms with E-state index in [1.165, 1.54) is 48.6 Å². The van der Waals surface area contributed by atoms with Gasteiger partial charge in [-0.25, -0.2) is 0 Å². The minimum absolute atomic E-state index is 0.0467. The van der Waals surface area contributed by atoms with Gasteiger partial charge in [-0.15, -0.1) is 0 Å². The normalized spacial score (nSPS) is 11.0. The van der Waals surface area contributed by atoms with Crippen LogP contribution in [-0.2, 0) is 4.79 Å². The number of non-ortho nitro benzene ring substituents is 1. The standard InChI is InChI=1S/C16H12F2N2O3S/c17-16(18)24-14-4-2-1-3-13(14)19-15(21)10-7-11-5-8-12(9-6-11)20(22)23/h1-10,16H,(H,19,21)/b10-7+. The smallest absolute Gasteiger partial charge is 0.288 e. The first-order valence-corrected chi connectivity index (χ1v) is 7.61. The molecule has 0 unspecified atom stereocenters. The molecular formula is C16H12F2N2O3S. The van der Waals surface area contributed by atoms with Gasteiger partial charge in [0.05, 0.1) is 10.6 Å². The SMILES string of the molecule is O=C(/C=C/c1ccc([N+](=O)[O-])cc1)Nc1ccccc1SC(F)F. The number of amides is 1. The molecule has 0 atom stereocenters. The number of thioether (sulfide) groups is 1. The zero-order chi connectivity index (χ0) is 17.5. The van der Waals surface area contributed by atoms with Gasteiger partial charge in [-0.2, -0.15) is 8.78 Å². The summed E-state index contributed by atoms with van der Waals surface area (Å²) in [5.41, 5.74) is 0.849. The molecule has 0 fully saturated rings. The number of nitrogens with zero attached hydrogens (tertiary/aromatic N) is 1. The fourth-order valence-electron chi connectivity index (χ4n) is 1.82. The highest BCUT2D eigenvalue weighted by Crippen LogP contribution is 2.31. The lowest BCUT2D eigenvalue weighted by molar-refractivity contribution is -0.384. The Morgan fingerprint density at radius 1 is 1.17 bits per heavy atom. The summed E-state index contributed by atoms with van der Waals surface area (Å²) >= 11 is 0.350. The molecule has 0 aromatic heterocycles. The minimum Gasteiger partial charge on any atom is -0.321 e. The highest BCUT2D eigenvalue weighted by Gasteiger charge is 2.10. The van der Waals surface area contributed by atoms with Crippen LogP contribution in [0.3, 0.4) is 0 Å². The fraction of sp³-hybridized carbons (Fsp3) is 0.0625. The van der Waals surface area contributed by atoms with Gasteiger partial charge in [0, 0.05) is 23.1 Å². The summed E-state index contributed by atoms with van der Waals surface area (Å²) in [5.74, 6) is -3.07. The van der Waals surface area contributed by atoms with Crippen molar-refractivity contribution < 1.29 is 18.5 Å². The van der Waals surface area contributed by atoms with Crippen molar-refractivity contribution in [3.05, 3.63) is 70.3 Å². The van der Waals surface area contributed by atoms with Gasteiger partial charge in [-0.05, 0) is 35.9 Å². The van der Waals surface area contributed by atoms with Crippen molar-refractivity contribution >= 4 is 35.1 Å². The molecule has 0 heterocycles. The molecule has 2 rings (SSSR count). The number of rotatable bonds is 6. The lowest BCUT2D eigenvalue weighted by Gasteiger charge is -2.08. The van der Waals surface area contributed by atoms with E-state index in [1.807, 2.05) is 0 Å². The Bertz CT molecular complexity index is 764. The van der Waals surface area contributed by atoms with E-state index in [4.69, 9.17) is 0 Å². The van der Waals surface area contributed by atoms with Crippen molar-refractivity contribution in [3.8, 4) is 0 Å². The number of nitro benzene ring substituents is 1. The van der Waals surface area contributed by atoms with E-state index in [1.54, 1.807) is 12.1 Å². The molecule has 0 radical (unpaired) electrons. The average molecular weight is 350 g/mol. The van der Waals surface area contributed by atoms with Crippen molar-refractivity contribution in [1.82, 2.24) is 0 Å². The van der Waals surface area contributed by atoms with E-state index < -0.39 is 16.6 Å². The van der Waals surface area contributed by atoms with Gasteiger partial charge in [0.1, 0.15) is 0 Å². The molecule has 2 aromatic carbocycles. The first-order valence-electron chi connectivity index (χ1n) is 6.73. The molecule has 0 saturated carbocycles. The maximum Gasteiger partial charge on any atom is 0.288 e. The van der Waals surface area contributed by atoms with Gasteiger partial charge in [0.2, 0.25) is 5.91 Å². The van der Waals surface area contributed by atoms with Crippen LogP contribution >= 0.6 is 11.8 Å². The third-order valence-corrected chi connectivity index (χ3v) is 3.68. The molecule has 0 aliphatic rings. The zero-order valence-corrected chi connectivity index (χ0v) is 13.0. The second kappa shape index (κ2) is 8.21. The number of alkyl halides is 2. The molecule has 0 saturated heterocycles. The summed E-state index contributed by atoms with van der Waals surface area (Å²) in [6.45, 7) is 0. The van der Waals surface area contributed by atoms with E-state index in [0.29, 0.717) is 23.0 Å². The summed E-state index contributed by atoms with van der Waals surface area (Å²) in [5, 5.41) is 13.1. The summed E-state index contributed by atoms with van der Waals surface area (Å²) in [7, 11) is 0. The fourth-order valence-corrected chi connectivity index (χ4v) is 2.42. The topological polar surface area (TPSA) is 72.2 Å². The summed E-state index contributed by atoms with van der Waals surface area (Å²) < 4.78 is 25.0. The maximum absolute atomic E-state index is 12.5. The molecule has 0 bridgehead atoms. The predicted molar refractivity (Wildman–Crippen MR) is 89.1 cm³/mol. The van der Waals surface area contributed by atoms with Gasteiger partial charge in [0.15, 0.2) is 0 Å². The number of hydrogen-bond acceptors (Lipinski definition) is 4. The predicted octanol–water partition coefficient (Wildman–Crippen LogP) is 4.56. The largest absolute Gasteiger partial charge is 0.321 e. The zero-order valence-electron chi connectivity index (χ0n) is 12.2. The highest BCUT2D eigenvalue weighted by atomic mass is 32.2. The summed E-state index contributed by atoms with van der Waals surface area (Å²) in [6.07, 6.45) is 2.70. The van der Waals surface area contributed by atoms with Crippen molar-refractivity contribution in [2.75, 3.05) is 5.32 Å². The molecule has 0 aliphatic carbocycles. The number of anilines is 1. The van der Waals surface area contributed by atoms with E-state index in [2.05, 4.69) is 5.32 Å². The van der Waals surface area contributed by atoms with Crippen LogP contribution in [0.4, 0.5) is 20.2 Å². The lowest BCUT2D eigenvalue weighted by Crippen LogP contribution is -2.08. The number of para-hydroxylation sites is 1. The van der Waals surface area contributed by atoms with Gasteiger partial charge in [-0.1, -0.05) is 23.9 Å². The molecule has 0 aliphatic heterocycles.